The van der Waals surface area contributed by atoms with Gasteiger partial charge in [0.15, 0.2) is 0 Å². The van der Waals surface area contributed by atoms with Crippen LogP contribution in [0.3, 0.4) is 0 Å². The Labute approximate surface area is 134 Å². The summed E-state index contributed by atoms with van der Waals surface area (Å²) in [6.45, 7) is 2.03. The Balaban J connectivity index is 1.45. The molecule has 0 aliphatic carbocycles. The first-order valence-electron chi connectivity index (χ1n) is 7.73. The molecule has 1 N–H and O–H groups in total. The zero-order chi connectivity index (χ0) is 16.2. The van der Waals surface area contributed by atoms with E-state index in [1.54, 1.807) is 30.1 Å². The number of nitrogens with zero attached hydrogens (tertiary/aromatic N) is 3. The maximum Gasteiger partial charge on any atom is 0.269 e. The van der Waals surface area contributed by atoms with Crippen LogP contribution < -0.4 is 5.32 Å². The number of nitrogens with one attached hydrogen (secondary N) is 1. The van der Waals surface area contributed by atoms with E-state index in [9.17, 15) is 9.59 Å². The van der Waals surface area contributed by atoms with Gasteiger partial charge in [-0.2, -0.15) is 5.10 Å². The molecule has 0 saturated carbocycles. The number of hydrogen-bond donors (Lipinski definition) is 1. The molecule has 1 saturated heterocycles. The van der Waals surface area contributed by atoms with Crippen LogP contribution in [0.25, 0.3) is 0 Å². The number of amides is 2. The molecule has 0 unspecified atom stereocenters. The van der Waals surface area contributed by atoms with Gasteiger partial charge < -0.3 is 14.6 Å². The van der Waals surface area contributed by atoms with Gasteiger partial charge in [-0.05, 0) is 30.9 Å². The molecule has 0 spiro atoms. The van der Waals surface area contributed by atoms with Crippen LogP contribution in [-0.4, -0.2) is 46.1 Å². The second-order valence-corrected chi connectivity index (χ2v) is 5.80. The first kappa shape index (κ1) is 15.3. The molecular weight excluding hydrogens is 296 g/mol. The van der Waals surface area contributed by atoms with Crippen molar-refractivity contribution >= 4 is 11.8 Å². The Bertz CT molecular complexity index is 669. The van der Waals surface area contributed by atoms with E-state index in [1.807, 2.05) is 4.90 Å². The molecular formula is C16H20N4O3. The molecule has 2 amide bonds. The van der Waals surface area contributed by atoms with E-state index in [1.165, 1.54) is 12.5 Å². The van der Waals surface area contributed by atoms with Crippen LogP contribution in [0, 0.1) is 5.92 Å². The minimum absolute atomic E-state index is 0.0103. The third-order valence-corrected chi connectivity index (χ3v) is 4.27. The molecule has 0 radical (unpaired) electrons. The summed E-state index contributed by atoms with van der Waals surface area (Å²) >= 11 is 0. The lowest BCUT2D eigenvalue weighted by atomic mass is 9.96. The first-order valence-corrected chi connectivity index (χ1v) is 7.73. The molecule has 3 heterocycles. The summed E-state index contributed by atoms with van der Waals surface area (Å²) in [6.07, 6.45) is 6.36. The smallest absolute Gasteiger partial charge is 0.269 e. The number of hydrogen-bond acceptors (Lipinski definition) is 4. The minimum Gasteiger partial charge on any atom is -0.472 e. The topological polar surface area (TPSA) is 80.4 Å². The minimum atomic E-state index is -0.109. The predicted octanol–water partition coefficient (Wildman–Crippen LogP) is 1.30. The number of likely N-dealkylation sites (tertiary alicyclic amines) is 1. The van der Waals surface area contributed by atoms with Crippen molar-refractivity contribution in [3.05, 3.63) is 42.1 Å². The summed E-state index contributed by atoms with van der Waals surface area (Å²) in [7, 11) is 1.74. The third kappa shape index (κ3) is 3.44. The molecule has 2 aromatic heterocycles. The number of rotatable bonds is 4. The highest BCUT2D eigenvalue weighted by Gasteiger charge is 2.24. The summed E-state index contributed by atoms with van der Waals surface area (Å²) in [5.74, 6) is 0.290. The van der Waals surface area contributed by atoms with Crippen molar-refractivity contribution in [3.63, 3.8) is 0 Å². The molecule has 3 rings (SSSR count). The fourth-order valence-corrected chi connectivity index (χ4v) is 2.83. The standard InChI is InChI=1S/C16H20N4O3/c1-19-14(2-6-18-19)15(21)17-10-12-3-7-20(8-4-12)16(22)13-5-9-23-11-13/h2,5-6,9,11-12H,3-4,7-8,10H2,1H3,(H,17,21). The monoisotopic (exact) mass is 316 g/mol. The Hall–Kier alpha value is -2.57. The fraction of sp³-hybridized carbons (Fsp3) is 0.438. The second-order valence-electron chi connectivity index (χ2n) is 5.80. The predicted molar refractivity (Wildman–Crippen MR) is 82.9 cm³/mol. The van der Waals surface area contributed by atoms with Crippen molar-refractivity contribution < 1.29 is 14.0 Å². The van der Waals surface area contributed by atoms with Crippen LogP contribution in [0.1, 0.15) is 33.7 Å². The molecule has 2 aromatic rings. The highest BCUT2D eigenvalue weighted by molar-refractivity contribution is 5.94. The Morgan fingerprint density at radius 2 is 2.13 bits per heavy atom. The van der Waals surface area contributed by atoms with Crippen molar-refractivity contribution in [3.8, 4) is 0 Å². The van der Waals surface area contributed by atoms with Crippen LogP contribution in [0.15, 0.2) is 35.3 Å². The third-order valence-electron chi connectivity index (χ3n) is 4.27. The average Bonchev–Trinajstić information content (AvgIpc) is 3.24. The molecule has 23 heavy (non-hydrogen) atoms. The average molecular weight is 316 g/mol. The van der Waals surface area contributed by atoms with Gasteiger partial charge in [-0.25, -0.2) is 0 Å². The number of carbonyl (C=O) groups is 2. The largest absolute Gasteiger partial charge is 0.472 e. The van der Waals surface area contributed by atoms with Gasteiger partial charge >= 0.3 is 0 Å². The van der Waals surface area contributed by atoms with Gasteiger partial charge in [-0.15, -0.1) is 0 Å². The van der Waals surface area contributed by atoms with Gasteiger partial charge in [-0.3, -0.25) is 14.3 Å². The van der Waals surface area contributed by atoms with E-state index in [-0.39, 0.29) is 11.8 Å². The van der Waals surface area contributed by atoms with E-state index < -0.39 is 0 Å². The maximum absolute atomic E-state index is 12.2. The Morgan fingerprint density at radius 1 is 1.35 bits per heavy atom. The molecule has 0 bridgehead atoms. The number of aryl methyl sites for hydroxylation is 1. The Kier molecular flexibility index (Phi) is 4.45. The summed E-state index contributed by atoms with van der Waals surface area (Å²) in [4.78, 5) is 26.1. The Morgan fingerprint density at radius 3 is 2.74 bits per heavy atom. The van der Waals surface area contributed by atoms with Gasteiger partial charge in [0.05, 0.1) is 11.8 Å². The van der Waals surface area contributed by atoms with Gasteiger partial charge in [0, 0.05) is 32.9 Å². The summed E-state index contributed by atoms with van der Waals surface area (Å²) in [5, 5.41) is 6.94. The number of piperidine rings is 1. The lowest BCUT2D eigenvalue weighted by Gasteiger charge is -2.31. The summed E-state index contributed by atoms with van der Waals surface area (Å²) in [5.41, 5.74) is 1.14. The maximum atomic E-state index is 12.2. The van der Waals surface area contributed by atoms with E-state index in [4.69, 9.17) is 4.42 Å². The summed E-state index contributed by atoms with van der Waals surface area (Å²) in [6, 6.07) is 3.38. The van der Waals surface area contributed by atoms with Gasteiger partial charge in [0.2, 0.25) is 0 Å². The van der Waals surface area contributed by atoms with Crippen molar-refractivity contribution in [2.45, 2.75) is 12.8 Å². The van der Waals surface area contributed by atoms with Gasteiger partial charge in [-0.1, -0.05) is 0 Å². The first-order chi connectivity index (χ1) is 11.1. The molecule has 0 aromatic carbocycles. The van der Waals surface area contributed by atoms with E-state index in [0.717, 1.165) is 12.8 Å². The van der Waals surface area contributed by atoms with Crippen LogP contribution in [0.2, 0.25) is 0 Å². The van der Waals surface area contributed by atoms with Crippen molar-refractivity contribution in [1.82, 2.24) is 20.0 Å². The zero-order valence-corrected chi connectivity index (χ0v) is 13.1. The summed E-state index contributed by atoms with van der Waals surface area (Å²) < 4.78 is 6.51. The fourth-order valence-electron chi connectivity index (χ4n) is 2.83. The van der Waals surface area contributed by atoms with Crippen LogP contribution in [0.4, 0.5) is 0 Å². The number of furan rings is 1. The van der Waals surface area contributed by atoms with Gasteiger partial charge in [0.1, 0.15) is 12.0 Å². The second kappa shape index (κ2) is 6.68. The molecule has 7 nitrogen and oxygen atoms in total. The van der Waals surface area contributed by atoms with E-state index in [0.29, 0.717) is 36.8 Å². The van der Waals surface area contributed by atoms with Crippen LogP contribution >= 0.6 is 0 Å². The van der Waals surface area contributed by atoms with Crippen LogP contribution in [0.5, 0.6) is 0 Å². The molecule has 7 heteroatoms. The normalized spacial score (nSPS) is 15.6. The molecule has 1 aliphatic rings. The number of carbonyl (C=O) groups excluding carboxylic acids is 2. The van der Waals surface area contributed by atoms with E-state index >= 15 is 0 Å². The highest BCUT2D eigenvalue weighted by atomic mass is 16.3. The van der Waals surface area contributed by atoms with Crippen LogP contribution in [-0.2, 0) is 7.05 Å². The number of aromatic nitrogens is 2. The zero-order valence-electron chi connectivity index (χ0n) is 13.1. The van der Waals surface area contributed by atoms with Crippen molar-refractivity contribution in [1.29, 1.82) is 0 Å². The lowest BCUT2D eigenvalue weighted by Crippen LogP contribution is -2.41. The molecule has 1 fully saturated rings. The highest BCUT2D eigenvalue weighted by Crippen LogP contribution is 2.18. The lowest BCUT2D eigenvalue weighted by molar-refractivity contribution is 0.0683. The van der Waals surface area contributed by atoms with E-state index in [2.05, 4.69) is 10.4 Å². The molecule has 1 aliphatic heterocycles. The van der Waals surface area contributed by atoms with Crippen molar-refractivity contribution in [2.24, 2.45) is 13.0 Å². The quantitative estimate of drug-likeness (QED) is 0.922. The van der Waals surface area contributed by atoms with Gasteiger partial charge in [0.25, 0.3) is 11.8 Å². The van der Waals surface area contributed by atoms with Crippen molar-refractivity contribution in [2.75, 3.05) is 19.6 Å². The molecule has 122 valence electrons. The molecule has 0 atom stereocenters. The SMILES string of the molecule is Cn1nccc1C(=O)NCC1CCN(C(=O)c2ccoc2)CC1.